The van der Waals surface area contributed by atoms with Crippen LogP contribution in [0.3, 0.4) is 0 Å². The van der Waals surface area contributed by atoms with E-state index in [2.05, 4.69) is 4.74 Å². The van der Waals surface area contributed by atoms with Crippen molar-refractivity contribution in [2.75, 3.05) is 19.9 Å². The van der Waals surface area contributed by atoms with Crippen LogP contribution in [0.25, 0.3) is 0 Å². The molecule has 16 heavy (non-hydrogen) atoms. The minimum absolute atomic E-state index is 0.00236. The van der Waals surface area contributed by atoms with Gasteiger partial charge in [0.05, 0.1) is 13.5 Å². The summed E-state index contributed by atoms with van der Waals surface area (Å²) < 4.78 is 15.8. The van der Waals surface area contributed by atoms with E-state index in [4.69, 9.17) is 5.11 Å². The van der Waals surface area contributed by atoms with E-state index in [1.54, 1.807) is 0 Å². The van der Waals surface area contributed by atoms with Crippen LogP contribution in [-0.4, -0.2) is 36.5 Å². The first kappa shape index (κ1) is 15.3. The Bertz CT molecular complexity index is 252. The van der Waals surface area contributed by atoms with E-state index in [9.17, 15) is 14.2 Å². The highest BCUT2D eigenvalue weighted by Crippen LogP contribution is 2.26. The first-order chi connectivity index (χ1) is 7.61. The summed E-state index contributed by atoms with van der Waals surface area (Å²) in [4.78, 5) is 22.0. The fraction of sp³-hybridized carbons (Fsp3) is 0.800. The van der Waals surface area contributed by atoms with Gasteiger partial charge in [0.1, 0.15) is 7.80 Å². The second-order valence-corrected chi connectivity index (χ2v) is 5.36. The van der Waals surface area contributed by atoms with Crippen LogP contribution in [0.15, 0.2) is 0 Å². The summed E-state index contributed by atoms with van der Waals surface area (Å²) in [6, 6.07) is 0. The molecular formula is C10H19O5P. The average Bonchev–Trinajstić information content (AvgIpc) is 2.30. The van der Waals surface area contributed by atoms with Crippen LogP contribution in [0, 0.1) is 0 Å². The summed E-state index contributed by atoms with van der Waals surface area (Å²) in [6.07, 6.45) is 2.52. The van der Waals surface area contributed by atoms with E-state index in [-0.39, 0.29) is 25.0 Å². The number of hydrogen-bond acceptors (Lipinski definition) is 5. The molecule has 0 aliphatic carbocycles. The van der Waals surface area contributed by atoms with Crippen molar-refractivity contribution >= 4 is 19.3 Å². The molecule has 0 heterocycles. The minimum atomic E-state index is -2.23. The van der Waals surface area contributed by atoms with Crippen LogP contribution in [0.4, 0.5) is 0 Å². The minimum Gasteiger partial charge on any atom is -0.469 e. The lowest BCUT2D eigenvalue weighted by Gasteiger charge is -2.01. The van der Waals surface area contributed by atoms with Crippen molar-refractivity contribution in [2.24, 2.45) is 0 Å². The number of carbonyl (C=O) groups excluding carboxylic acids is 2. The molecular weight excluding hydrogens is 231 g/mol. The Hall–Kier alpha value is -0.670. The molecule has 0 saturated carbocycles. The van der Waals surface area contributed by atoms with Gasteiger partial charge in [0, 0.05) is 19.2 Å². The Kier molecular flexibility index (Phi) is 9.15. The molecule has 0 saturated heterocycles. The summed E-state index contributed by atoms with van der Waals surface area (Å²) in [6.45, 7) is 0.122. The van der Waals surface area contributed by atoms with Crippen molar-refractivity contribution in [2.45, 2.75) is 32.1 Å². The van der Waals surface area contributed by atoms with Gasteiger partial charge in [-0.2, -0.15) is 0 Å². The molecule has 0 spiro atoms. The Morgan fingerprint density at radius 3 is 2.44 bits per heavy atom. The number of ether oxygens (including phenoxy) is 1. The van der Waals surface area contributed by atoms with Gasteiger partial charge in [-0.05, 0) is 12.8 Å². The monoisotopic (exact) mass is 250 g/mol. The van der Waals surface area contributed by atoms with Crippen LogP contribution in [0.1, 0.15) is 32.1 Å². The van der Waals surface area contributed by atoms with Gasteiger partial charge in [0.15, 0.2) is 5.52 Å². The maximum Gasteiger partial charge on any atom is 0.305 e. The second kappa shape index (κ2) is 9.55. The van der Waals surface area contributed by atoms with Crippen molar-refractivity contribution in [3.63, 3.8) is 0 Å². The molecule has 1 unspecified atom stereocenters. The summed E-state index contributed by atoms with van der Waals surface area (Å²) in [5, 5.41) is 8.52. The highest BCUT2D eigenvalue weighted by atomic mass is 31.1. The van der Waals surface area contributed by atoms with Crippen LogP contribution < -0.4 is 0 Å². The van der Waals surface area contributed by atoms with Crippen molar-refractivity contribution < 1.29 is 24.0 Å². The summed E-state index contributed by atoms with van der Waals surface area (Å²) >= 11 is 0. The molecule has 94 valence electrons. The molecule has 1 N–H and O–H groups in total. The van der Waals surface area contributed by atoms with Crippen molar-refractivity contribution in [3.8, 4) is 0 Å². The van der Waals surface area contributed by atoms with Gasteiger partial charge in [0.2, 0.25) is 0 Å². The third-order valence-corrected chi connectivity index (χ3v) is 3.84. The molecule has 5 nitrogen and oxygen atoms in total. The SMILES string of the molecule is COC(=O)CCC(=O)[PH](=O)CCCCCO. The van der Waals surface area contributed by atoms with Crippen molar-refractivity contribution in [1.29, 1.82) is 0 Å². The molecule has 0 bridgehead atoms. The topological polar surface area (TPSA) is 80.7 Å². The van der Waals surface area contributed by atoms with Gasteiger partial charge in [-0.15, -0.1) is 0 Å². The Morgan fingerprint density at radius 2 is 1.88 bits per heavy atom. The zero-order valence-electron chi connectivity index (χ0n) is 9.53. The zero-order chi connectivity index (χ0) is 12.4. The molecule has 0 rings (SSSR count). The summed E-state index contributed by atoms with van der Waals surface area (Å²) in [5.74, 6) is -0.455. The standard InChI is InChI=1S/C10H19O5P/c1-15-9(12)5-6-10(13)16(14)8-4-2-3-7-11/h11,16H,2-8H2,1H3. The Labute approximate surface area is 96.0 Å². The van der Waals surface area contributed by atoms with Crippen LogP contribution >= 0.6 is 7.80 Å². The molecule has 0 aromatic heterocycles. The van der Waals surface area contributed by atoms with Crippen molar-refractivity contribution in [1.82, 2.24) is 0 Å². The predicted molar refractivity (Wildman–Crippen MR) is 61.1 cm³/mol. The normalized spacial score (nSPS) is 12.1. The van der Waals surface area contributed by atoms with Crippen molar-refractivity contribution in [3.05, 3.63) is 0 Å². The van der Waals surface area contributed by atoms with Gasteiger partial charge in [-0.1, -0.05) is 6.42 Å². The van der Waals surface area contributed by atoms with E-state index in [0.29, 0.717) is 19.0 Å². The molecule has 1 atom stereocenters. The van der Waals surface area contributed by atoms with Gasteiger partial charge < -0.3 is 14.4 Å². The number of rotatable bonds is 9. The first-order valence-corrected chi connectivity index (χ1v) is 6.97. The maximum atomic E-state index is 11.4. The molecule has 0 aromatic carbocycles. The largest absolute Gasteiger partial charge is 0.469 e. The van der Waals surface area contributed by atoms with Gasteiger partial charge in [0.25, 0.3) is 0 Å². The highest BCUT2D eigenvalue weighted by Gasteiger charge is 2.13. The molecule has 0 aromatic rings. The lowest BCUT2D eigenvalue weighted by molar-refractivity contribution is -0.141. The first-order valence-electron chi connectivity index (χ1n) is 5.35. The molecule has 0 radical (unpaired) electrons. The number of unbranched alkanes of at least 4 members (excludes halogenated alkanes) is 2. The number of methoxy groups -OCH3 is 1. The maximum absolute atomic E-state index is 11.4. The molecule has 0 aliphatic heterocycles. The predicted octanol–water partition coefficient (Wildman–Crippen LogP) is 1.19. The highest BCUT2D eigenvalue weighted by molar-refractivity contribution is 7.63. The summed E-state index contributed by atoms with van der Waals surface area (Å²) in [5.41, 5.74) is -0.334. The third-order valence-electron chi connectivity index (χ3n) is 2.16. The fourth-order valence-electron chi connectivity index (χ4n) is 1.17. The van der Waals surface area contributed by atoms with Gasteiger partial charge >= 0.3 is 5.97 Å². The van der Waals surface area contributed by atoms with Crippen LogP contribution in [0.5, 0.6) is 0 Å². The smallest absolute Gasteiger partial charge is 0.305 e. The van der Waals surface area contributed by atoms with E-state index in [1.807, 2.05) is 0 Å². The lowest BCUT2D eigenvalue weighted by Crippen LogP contribution is -2.03. The number of hydrogen-bond donors (Lipinski definition) is 1. The van der Waals surface area contributed by atoms with Gasteiger partial charge in [-0.25, -0.2) is 0 Å². The van der Waals surface area contributed by atoms with E-state index in [0.717, 1.165) is 6.42 Å². The second-order valence-electron chi connectivity index (χ2n) is 3.46. The number of aliphatic hydroxyl groups excluding tert-OH is 1. The van der Waals surface area contributed by atoms with E-state index < -0.39 is 13.8 Å². The molecule has 0 amide bonds. The number of esters is 1. The average molecular weight is 250 g/mol. The lowest BCUT2D eigenvalue weighted by atomic mass is 10.3. The number of carbonyl (C=O) groups is 2. The van der Waals surface area contributed by atoms with Crippen LogP contribution in [0.2, 0.25) is 0 Å². The van der Waals surface area contributed by atoms with E-state index >= 15 is 0 Å². The molecule has 0 fully saturated rings. The number of aliphatic hydroxyl groups is 1. The fourth-order valence-corrected chi connectivity index (χ4v) is 2.42. The summed E-state index contributed by atoms with van der Waals surface area (Å²) in [7, 11) is -0.975. The molecule has 0 aliphatic rings. The van der Waals surface area contributed by atoms with Gasteiger partial charge in [-0.3, -0.25) is 9.59 Å². The zero-order valence-corrected chi connectivity index (χ0v) is 10.5. The van der Waals surface area contributed by atoms with E-state index in [1.165, 1.54) is 7.11 Å². The quantitative estimate of drug-likeness (QED) is 0.377. The molecule has 6 heteroatoms. The Balaban J connectivity index is 3.65. The third kappa shape index (κ3) is 7.60. The van der Waals surface area contributed by atoms with Crippen LogP contribution in [-0.2, 0) is 18.9 Å². The Morgan fingerprint density at radius 1 is 1.19 bits per heavy atom.